The summed E-state index contributed by atoms with van der Waals surface area (Å²) in [5, 5.41) is 12.4. The number of H-pyrrole nitrogens is 1. The second-order valence-electron chi connectivity index (χ2n) is 7.32. The number of nitrogens with zero attached hydrogens (tertiary/aromatic N) is 4. The summed E-state index contributed by atoms with van der Waals surface area (Å²) in [6.45, 7) is 1.61. The maximum Gasteiger partial charge on any atom is 0.188 e. The zero-order valence-corrected chi connectivity index (χ0v) is 16.1. The Morgan fingerprint density at radius 2 is 1.79 bits per heavy atom. The monoisotopic (exact) mass is 373 g/mol. The van der Waals surface area contributed by atoms with E-state index in [1.165, 1.54) is 11.1 Å². The van der Waals surface area contributed by atoms with E-state index >= 15 is 0 Å². The summed E-state index contributed by atoms with van der Waals surface area (Å²) in [6.07, 6.45) is 3.98. The molecule has 0 saturated heterocycles. The molecule has 2 aromatic heterocycles. The minimum Gasteiger partial charge on any atom is -0.305 e. The van der Waals surface area contributed by atoms with Gasteiger partial charge in [0.2, 0.25) is 0 Å². The summed E-state index contributed by atoms with van der Waals surface area (Å²) in [6, 6.07) is 16.2. The van der Waals surface area contributed by atoms with Gasteiger partial charge >= 0.3 is 0 Å². The van der Waals surface area contributed by atoms with Crippen molar-refractivity contribution < 1.29 is 4.79 Å². The number of hydrogen-bond acceptors (Lipinski definition) is 4. The van der Waals surface area contributed by atoms with Gasteiger partial charge in [-0.15, -0.1) is 0 Å². The zero-order valence-electron chi connectivity index (χ0n) is 16.1. The minimum absolute atomic E-state index is 0.00922. The van der Waals surface area contributed by atoms with Crippen molar-refractivity contribution in [3.8, 4) is 0 Å². The van der Waals surface area contributed by atoms with Crippen LogP contribution in [0.15, 0.2) is 60.9 Å². The number of benzene rings is 2. The molecule has 2 heterocycles. The first-order chi connectivity index (χ1) is 13.6. The van der Waals surface area contributed by atoms with Crippen LogP contribution >= 0.6 is 0 Å². The molecule has 0 atom stereocenters. The number of Topliss-reactive ketones (excluding diaryl/α,β-unsaturated/α-hetero) is 1. The molecule has 4 aromatic rings. The molecular weight excluding hydrogens is 350 g/mol. The van der Waals surface area contributed by atoms with Gasteiger partial charge in [-0.25, -0.2) is 0 Å². The van der Waals surface area contributed by atoms with E-state index < -0.39 is 0 Å². The third-order valence-corrected chi connectivity index (χ3v) is 4.65. The lowest BCUT2D eigenvalue weighted by atomic mass is 10.1. The highest BCUT2D eigenvalue weighted by Gasteiger charge is 2.15. The van der Waals surface area contributed by atoms with Crippen LogP contribution in [0.2, 0.25) is 0 Å². The van der Waals surface area contributed by atoms with Crippen LogP contribution in [-0.2, 0) is 19.5 Å². The van der Waals surface area contributed by atoms with E-state index in [1.54, 1.807) is 6.20 Å². The number of fused-ring (bicyclic) bond motifs is 1. The molecule has 0 saturated carbocycles. The van der Waals surface area contributed by atoms with Crippen molar-refractivity contribution in [1.29, 1.82) is 0 Å². The second kappa shape index (κ2) is 7.78. The highest BCUT2D eigenvalue weighted by molar-refractivity contribution is 6.06. The fourth-order valence-electron chi connectivity index (χ4n) is 3.33. The molecule has 0 spiro atoms. The van der Waals surface area contributed by atoms with E-state index in [9.17, 15) is 4.79 Å². The molecule has 0 amide bonds. The van der Waals surface area contributed by atoms with Gasteiger partial charge in [-0.05, 0) is 36.9 Å². The normalized spacial score (nSPS) is 11.4. The smallest absolute Gasteiger partial charge is 0.188 e. The Balaban J connectivity index is 1.42. The first-order valence-electron chi connectivity index (χ1n) is 9.28. The van der Waals surface area contributed by atoms with Gasteiger partial charge < -0.3 is 4.90 Å². The van der Waals surface area contributed by atoms with Gasteiger partial charge in [0, 0.05) is 24.5 Å². The molecule has 0 unspecified atom stereocenters. The minimum atomic E-state index is -0.00922. The van der Waals surface area contributed by atoms with Crippen molar-refractivity contribution >= 4 is 16.7 Å². The summed E-state index contributed by atoms with van der Waals surface area (Å²) in [5.41, 5.74) is 4.72. The first-order valence-corrected chi connectivity index (χ1v) is 9.28. The Morgan fingerprint density at radius 3 is 2.57 bits per heavy atom. The van der Waals surface area contributed by atoms with Crippen LogP contribution in [0.3, 0.4) is 0 Å². The number of para-hydroxylation sites is 1. The molecular formula is C22H23N5O. The summed E-state index contributed by atoms with van der Waals surface area (Å²) in [4.78, 5) is 14.8. The SMILES string of the molecule is CN(C)Cc1ccc(Cn2cc(CC(=O)c3n[nH]c4ccccc34)cn2)cc1. The van der Waals surface area contributed by atoms with Crippen LogP contribution in [0, 0.1) is 0 Å². The molecule has 0 aliphatic rings. The van der Waals surface area contributed by atoms with Crippen molar-refractivity contribution in [3.63, 3.8) is 0 Å². The van der Waals surface area contributed by atoms with E-state index in [-0.39, 0.29) is 12.2 Å². The van der Waals surface area contributed by atoms with Crippen molar-refractivity contribution in [3.05, 3.63) is 83.3 Å². The van der Waals surface area contributed by atoms with Crippen LogP contribution in [0.1, 0.15) is 27.2 Å². The molecule has 0 radical (unpaired) electrons. The molecule has 0 aliphatic heterocycles. The molecule has 0 fully saturated rings. The van der Waals surface area contributed by atoms with Crippen LogP contribution in [0.5, 0.6) is 0 Å². The molecule has 6 heteroatoms. The van der Waals surface area contributed by atoms with E-state index in [0.29, 0.717) is 12.2 Å². The molecule has 28 heavy (non-hydrogen) atoms. The first kappa shape index (κ1) is 18.1. The lowest BCUT2D eigenvalue weighted by Gasteiger charge is -2.10. The predicted molar refractivity (Wildman–Crippen MR) is 109 cm³/mol. The topological polar surface area (TPSA) is 66.8 Å². The second-order valence-corrected chi connectivity index (χ2v) is 7.32. The quantitative estimate of drug-likeness (QED) is 0.505. The third kappa shape index (κ3) is 4.02. The molecule has 142 valence electrons. The van der Waals surface area contributed by atoms with Gasteiger partial charge in [-0.2, -0.15) is 10.2 Å². The Labute approximate surface area is 163 Å². The molecule has 2 aromatic carbocycles. The molecule has 0 bridgehead atoms. The maximum atomic E-state index is 12.7. The molecule has 6 nitrogen and oxygen atoms in total. The number of aromatic amines is 1. The average molecular weight is 373 g/mol. The standard InChI is InChI=1S/C22H23N5O/c1-26(2)13-16-7-9-17(10-8-16)14-27-15-18(12-23-27)11-21(28)22-19-5-3-4-6-20(19)24-25-22/h3-10,12,15H,11,13-14H2,1-2H3,(H,24,25). The maximum absolute atomic E-state index is 12.7. The fraction of sp³-hybridized carbons (Fsp3) is 0.227. The number of aromatic nitrogens is 4. The number of ketones is 1. The average Bonchev–Trinajstić information content (AvgIpc) is 3.29. The predicted octanol–water partition coefficient (Wildman–Crippen LogP) is 3.29. The fourth-order valence-corrected chi connectivity index (χ4v) is 3.33. The number of carbonyl (C=O) groups excluding carboxylic acids is 1. The Hall–Kier alpha value is -3.25. The highest BCUT2D eigenvalue weighted by atomic mass is 16.1. The van der Waals surface area contributed by atoms with Crippen LogP contribution in [-0.4, -0.2) is 44.8 Å². The Morgan fingerprint density at radius 1 is 1.04 bits per heavy atom. The van der Waals surface area contributed by atoms with Crippen molar-refractivity contribution in [2.24, 2.45) is 0 Å². The van der Waals surface area contributed by atoms with Crippen LogP contribution < -0.4 is 0 Å². The van der Waals surface area contributed by atoms with Crippen LogP contribution in [0.4, 0.5) is 0 Å². The molecule has 1 N–H and O–H groups in total. The van der Waals surface area contributed by atoms with Crippen molar-refractivity contribution in [2.75, 3.05) is 14.1 Å². The van der Waals surface area contributed by atoms with E-state index in [2.05, 4.69) is 58.6 Å². The highest BCUT2D eigenvalue weighted by Crippen LogP contribution is 2.17. The summed E-state index contributed by atoms with van der Waals surface area (Å²) < 4.78 is 1.87. The zero-order chi connectivity index (χ0) is 19.5. The van der Waals surface area contributed by atoms with E-state index in [1.807, 2.05) is 35.1 Å². The van der Waals surface area contributed by atoms with Gasteiger partial charge in [-0.1, -0.05) is 42.5 Å². The number of nitrogens with one attached hydrogen (secondary N) is 1. The van der Waals surface area contributed by atoms with Crippen molar-refractivity contribution in [2.45, 2.75) is 19.5 Å². The van der Waals surface area contributed by atoms with E-state index in [4.69, 9.17) is 0 Å². The van der Waals surface area contributed by atoms with Crippen LogP contribution in [0.25, 0.3) is 10.9 Å². The lowest BCUT2D eigenvalue weighted by molar-refractivity contribution is 0.0989. The van der Waals surface area contributed by atoms with Gasteiger partial charge in [0.1, 0.15) is 5.69 Å². The van der Waals surface area contributed by atoms with Gasteiger partial charge in [0.25, 0.3) is 0 Å². The summed E-state index contributed by atoms with van der Waals surface area (Å²) in [5.74, 6) is -0.00922. The summed E-state index contributed by atoms with van der Waals surface area (Å²) >= 11 is 0. The molecule has 0 aliphatic carbocycles. The summed E-state index contributed by atoms with van der Waals surface area (Å²) in [7, 11) is 4.12. The largest absolute Gasteiger partial charge is 0.305 e. The lowest BCUT2D eigenvalue weighted by Crippen LogP contribution is -2.10. The molecule has 4 rings (SSSR count). The number of rotatable bonds is 7. The third-order valence-electron chi connectivity index (χ3n) is 4.65. The van der Waals surface area contributed by atoms with Gasteiger partial charge in [-0.3, -0.25) is 14.6 Å². The van der Waals surface area contributed by atoms with Gasteiger partial charge in [0.05, 0.1) is 18.3 Å². The number of carbonyl (C=O) groups is 1. The van der Waals surface area contributed by atoms with E-state index in [0.717, 1.165) is 23.0 Å². The number of hydrogen-bond donors (Lipinski definition) is 1. The Bertz CT molecular complexity index is 1090. The van der Waals surface area contributed by atoms with Crippen molar-refractivity contribution in [1.82, 2.24) is 24.9 Å². The van der Waals surface area contributed by atoms with Gasteiger partial charge in [0.15, 0.2) is 5.78 Å². The Kier molecular flexibility index (Phi) is 5.04.